The van der Waals surface area contributed by atoms with E-state index in [1.54, 1.807) is 12.1 Å². The van der Waals surface area contributed by atoms with Crippen molar-refractivity contribution in [2.75, 3.05) is 6.61 Å². The SMILES string of the molecule is C=CCc1ccc(OCC)c(F)c1. The molecule has 13 heavy (non-hydrogen) atoms. The highest BCUT2D eigenvalue weighted by Crippen LogP contribution is 2.18. The van der Waals surface area contributed by atoms with Crippen LogP contribution in [0.2, 0.25) is 0 Å². The second kappa shape index (κ2) is 4.65. The number of hydrogen-bond donors (Lipinski definition) is 0. The van der Waals surface area contributed by atoms with Crippen LogP contribution < -0.4 is 4.74 Å². The average Bonchev–Trinajstić information content (AvgIpc) is 2.10. The monoisotopic (exact) mass is 180 g/mol. The molecule has 0 fully saturated rings. The summed E-state index contributed by atoms with van der Waals surface area (Å²) in [4.78, 5) is 0. The predicted molar refractivity (Wildman–Crippen MR) is 51.5 cm³/mol. The van der Waals surface area contributed by atoms with Gasteiger partial charge in [-0.1, -0.05) is 12.1 Å². The summed E-state index contributed by atoms with van der Waals surface area (Å²) in [7, 11) is 0. The van der Waals surface area contributed by atoms with Crippen LogP contribution >= 0.6 is 0 Å². The lowest BCUT2D eigenvalue weighted by Crippen LogP contribution is -1.95. The predicted octanol–water partition coefficient (Wildman–Crippen LogP) is 2.95. The molecule has 0 saturated heterocycles. The maximum Gasteiger partial charge on any atom is 0.165 e. The molecule has 0 unspecified atom stereocenters. The Bertz CT molecular complexity index is 294. The zero-order chi connectivity index (χ0) is 9.68. The molecule has 0 heterocycles. The molecule has 0 aliphatic carbocycles. The molecule has 1 aromatic carbocycles. The fourth-order valence-electron chi connectivity index (χ4n) is 1.11. The molecule has 2 heteroatoms. The van der Waals surface area contributed by atoms with Crippen LogP contribution in [0, 0.1) is 5.82 Å². The fourth-order valence-corrected chi connectivity index (χ4v) is 1.11. The van der Waals surface area contributed by atoms with Crippen molar-refractivity contribution in [1.82, 2.24) is 0 Å². The standard InChI is InChI=1S/C11H13FO/c1-3-5-9-6-7-11(13-4-2)10(12)8-9/h3,6-8H,1,4-5H2,2H3. The molecule has 0 bridgehead atoms. The van der Waals surface area contributed by atoms with E-state index in [0.29, 0.717) is 18.8 Å². The largest absolute Gasteiger partial charge is 0.491 e. The van der Waals surface area contributed by atoms with Crippen molar-refractivity contribution in [3.8, 4) is 5.75 Å². The minimum atomic E-state index is -0.304. The molecule has 0 radical (unpaired) electrons. The van der Waals surface area contributed by atoms with Crippen LogP contribution in [0.3, 0.4) is 0 Å². The number of rotatable bonds is 4. The first kappa shape index (κ1) is 9.78. The maximum absolute atomic E-state index is 13.2. The van der Waals surface area contributed by atoms with Crippen LogP contribution in [-0.2, 0) is 6.42 Å². The number of ether oxygens (including phenoxy) is 1. The normalized spacial score (nSPS) is 9.69. The van der Waals surface area contributed by atoms with Gasteiger partial charge >= 0.3 is 0 Å². The van der Waals surface area contributed by atoms with Crippen molar-refractivity contribution in [3.05, 3.63) is 42.2 Å². The summed E-state index contributed by atoms with van der Waals surface area (Å²) in [5.74, 6) is 0.0107. The molecule has 0 amide bonds. The smallest absolute Gasteiger partial charge is 0.165 e. The highest BCUT2D eigenvalue weighted by Gasteiger charge is 2.02. The molecular formula is C11H13FO. The van der Waals surface area contributed by atoms with Crippen molar-refractivity contribution in [1.29, 1.82) is 0 Å². The van der Waals surface area contributed by atoms with Crippen molar-refractivity contribution >= 4 is 0 Å². The Labute approximate surface area is 77.8 Å². The van der Waals surface area contributed by atoms with Crippen molar-refractivity contribution < 1.29 is 9.13 Å². The first-order valence-electron chi connectivity index (χ1n) is 4.30. The van der Waals surface area contributed by atoms with Gasteiger partial charge in [0.2, 0.25) is 0 Å². The lowest BCUT2D eigenvalue weighted by molar-refractivity contribution is 0.321. The van der Waals surface area contributed by atoms with E-state index < -0.39 is 0 Å². The van der Waals surface area contributed by atoms with Gasteiger partial charge in [-0.25, -0.2) is 4.39 Å². The van der Waals surface area contributed by atoms with Crippen molar-refractivity contribution in [2.24, 2.45) is 0 Å². The molecular weight excluding hydrogens is 167 g/mol. The number of allylic oxidation sites excluding steroid dienone is 1. The third-order valence-electron chi connectivity index (χ3n) is 1.68. The summed E-state index contributed by atoms with van der Waals surface area (Å²) in [6, 6.07) is 4.97. The van der Waals surface area contributed by atoms with Gasteiger partial charge in [-0.2, -0.15) is 0 Å². The van der Waals surface area contributed by atoms with E-state index in [1.165, 1.54) is 6.07 Å². The van der Waals surface area contributed by atoms with Gasteiger partial charge in [-0.15, -0.1) is 6.58 Å². The Morgan fingerprint density at radius 3 is 2.85 bits per heavy atom. The highest BCUT2D eigenvalue weighted by molar-refractivity contribution is 5.30. The van der Waals surface area contributed by atoms with Gasteiger partial charge in [0.15, 0.2) is 11.6 Å². The number of halogens is 1. The zero-order valence-electron chi connectivity index (χ0n) is 7.72. The minimum Gasteiger partial charge on any atom is -0.491 e. The van der Waals surface area contributed by atoms with Crippen molar-refractivity contribution in [2.45, 2.75) is 13.3 Å². The van der Waals surface area contributed by atoms with E-state index in [2.05, 4.69) is 6.58 Å². The Morgan fingerprint density at radius 1 is 1.54 bits per heavy atom. The molecule has 0 aliphatic heterocycles. The molecule has 1 nitrogen and oxygen atoms in total. The summed E-state index contributed by atoms with van der Waals surface area (Å²) in [6.45, 7) is 5.90. The van der Waals surface area contributed by atoms with Crippen LogP contribution in [0.5, 0.6) is 5.75 Å². The molecule has 0 atom stereocenters. The van der Waals surface area contributed by atoms with E-state index in [-0.39, 0.29) is 5.82 Å². The van der Waals surface area contributed by atoms with Crippen LogP contribution in [0.1, 0.15) is 12.5 Å². The molecule has 1 aromatic rings. The summed E-state index contributed by atoms with van der Waals surface area (Å²) < 4.78 is 18.3. The molecule has 0 spiro atoms. The first-order valence-corrected chi connectivity index (χ1v) is 4.30. The van der Waals surface area contributed by atoms with Gasteiger partial charge in [0, 0.05) is 0 Å². The number of benzene rings is 1. The lowest BCUT2D eigenvalue weighted by atomic mass is 10.1. The summed E-state index contributed by atoms with van der Waals surface area (Å²) in [6.07, 6.45) is 2.43. The van der Waals surface area contributed by atoms with Crippen LogP contribution in [0.4, 0.5) is 4.39 Å². The highest BCUT2D eigenvalue weighted by atomic mass is 19.1. The molecule has 0 N–H and O–H groups in total. The second-order valence-electron chi connectivity index (χ2n) is 2.69. The lowest BCUT2D eigenvalue weighted by Gasteiger charge is -2.05. The fraction of sp³-hybridized carbons (Fsp3) is 0.273. The molecule has 70 valence electrons. The van der Waals surface area contributed by atoms with Crippen LogP contribution in [0.25, 0.3) is 0 Å². The zero-order valence-corrected chi connectivity index (χ0v) is 7.72. The molecule has 0 aliphatic rings. The molecule has 0 aromatic heterocycles. The summed E-state index contributed by atoms with van der Waals surface area (Å²) >= 11 is 0. The van der Waals surface area contributed by atoms with Gasteiger partial charge in [0.25, 0.3) is 0 Å². The van der Waals surface area contributed by atoms with Gasteiger partial charge in [-0.3, -0.25) is 0 Å². The van der Waals surface area contributed by atoms with Gasteiger partial charge in [-0.05, 0) is 31.0 Å². The van der Waals surface area contributed by atoms with E-state index in [1.807, 2.05) is 13.0 Å². The second-order valence-corrected chi connectivity index (χ2v) is 2.69. The maximum atomic E-state index is 13.2. The average molecular weight is 180 g/mol. The Kier molecular flexibility index (Phi) is 3.50. The Morgan fingerprint density at radius 2 is 2.31 bits per heavy atom. The van der Waals surface area contributed by atoms with Crippen LogP contribution in [-0.4, -0.2) is 6.61 Å². The quantitative estimate of drug-likeness (QED) is 0.647. The third kappa shape index (κ3) is 2.58. The van der Waals surface area contributed by atoms with E-state index in [9.17, 15) is 4.39 Å². The van der Waals surface area contributed by atoms with Gasteiger partial charge in [0.05, 0.1) is 6.61 Å². The van der Waals surface area contributed by atoms with Gasteiger partial charge < -0.3 is 4.74 Å². The Balaban J connectivity index is 2.84. The minimum absolute atomic E-state index is 0.304. The van der Waals surface area contributed by atoms with Crippen molar-refractivity contribution in [3.63, 3.8) is 0 Å². The third-order valence-corrected chi connectivity index (χ3v) is 1.68. The Hall–Kier alpha value is -1.31. The molecule has 0 saturated carbocycles. The van der Waals surface area contributed by atoms with E-state index >= 15 is 0 Å². The van der Waals surface area contributed by atoms with Crippen LogP contribution in [0.15, 0.2) is 30.9 Å². The number of hydrogen-bond acceptors (Lipinski definition) is 1. The molecule has 1 rings (SSSR count). The van der Waals surface area contributed by atoms with E-state index in [0.717, 1.165) is 5.56 Å². The topological polar surface area (TPSA) is 9.23 Å². The van der Waals surface area contributed by atoms with E-state index in [4.69, 9.17) is 4.74 Å². The summed E-state index contributed by atoms with van der Waals surface area (Å²) in [5.41, 5.74) is 0.913. The summed E-state index contributed by atoms with van der Waals surface area (Å²) in [5, 5.41) is 0. The first-order chi connectivity index (χ1) is 6.27. The van der Waals surface area contributed by atoms with Gasteiger partial charge in [0.1, 0.15) is 0 Å².